The van der Waals surface area contributed by atoms with Crippen molar-refractivity contribution in [2.75, 3.05) is 7.11 Å². The Balaban J connectivity index is 1.72. The van der Waals surface area contributed by atoms with Crippen LogP contribution in [0.15, 0.2) is 47.6 Å². The summed E-state index contributed by atoms with van der Waals surface area (Å²) in [6, 6.07) is 8.53. The lowest BCUT2D eigenvalue weighted by molar-refractivity contribution is 0.414. The van der Waals surface area contributed by atoms with E-state index in [4.69, 9.17) is 4.74 Å². The predicted molar refractivity (Wildman–Crippen MR) is 95.4 cm³/mol. The van der Waals surface area contributed by atoms with Crippen LogP contribution in [0.3, 0.4) is 0 Å². The van der Waals surface area contributed by atoms with Crippen LogP contribution >= 0.6 is 0 Å². The van der Waals surface area contributed by atoms with Gasteiger partial charge in [0.2, 0.25) is 0 Å². The summed E-state index contributed by atoms with van der Waals surface area (Å²) in [7, 11) is 1.72. The number of benzene rings is 1. The number of allylic oxidation sites excluding steroid dienone is 4. The quantitative estimate of drug-likeness (QED) is 0.552. The van der Waals surface area contributed by atoms with E-state index in [1.54, 1.807) is 12.7 Å². The molecule has 1 heteroatoms. The van der Waals surface area contributed by atoms with E-state index in [1.165, 1.54) is 56.1 Å². The molecule has 1 aromatic rings. The third-order valence-corrected chi connectivity index (χ3v) is 4.63. The van der Waals surface area contributed by atoms with E-state index in [1.807, 2.05) is 0 Å². The highest BCUT2D eigenvalue weighted by molar-refractivity contribution is 5.27. The molecule has 2 rings (SSSR count). The second kappa shape index (κ2) is 8.82. The van der Waals surface area contributed by atoms with E-state index in [2.05, 4.69) is 50.3 Å². The minimum absolute atomic E-state index is 0.870. The largest absolute Gasteiger partial charge is 0.497 e. The normalized spacial score (nSPS) is 17.8. The van der Waals surface area contributed by atoms with Crippen molar-refractivity contribution < 1.29 is 4.74 Å². The van der Waals surface area contributed by atoms with Gasteiger partial charge in [-0.3, -0.25) is 0 Å². The van der Waals surface area contributed by atoms with Crippen LogP contribution in [0.2, 0.25) is 0 Å². The molecule has 1 aliphatic rings. The monoisotopic (exact) mass is 298 g/mol. The fourth-order valence-corrected chi connectivity index (χ4v) is 3.14. The molecule has 22 heavy (non-hydrogen) atoms. The zero-order chi connectivity index (χ0) is 15.8. The summed E-state index contributed by atoms with van der Waals surface area (Å²) in [5.41, 5.74) is 4.55. The first-order valence-electron chi connectivity index (χ1n) is 8.61. The van der Waals surface area contributed by atoms with Crippen molar-refractivity contribution in [1.29, 1.82) is 0 Å². The molecule has 1 aromatic carbocycles. The molecule has 0 amide bonds. The van der Waals surface area contributed by atoms with Gasteiger partial charge in [-0.15, -0.1) is 0 Å². The molecular formula is C21H30O. The molecule has 120 valence electrons. The van der Waals surface area contributed by atoms with Crippen LogP contribution in [0, 0.1) is 5.92 Å². The molecule has 1 nitrogen and oxygen atoms in total. The molecule has 1 atom stereocenters. The van der Waals surface area contributed by atoms with E-state index in [-0.39, 0.29) is 0 Å². The molecule has 0 N–H and O–H groups in total. The molecular weight excluding hydrogens is 268 g/mol. The van der Waals surface area contributed by atoms with Gasteiger partial charge in [0.05, 0.1) is 7.11 Å². The molecule has 0 heterocycles. The second-order valence-corrected chi connectivity index (χ2v) is 6.71. The first-order chi connectivity index (χ1) is 10.7. The first-order valence-corrected chi connectivity index (χ1v) is 8.61. The summed E-state index contributed by atoms with van der Waals surface area (Å²) in [5.74, 6) is 1.82. The van der Waals surface area contributed by atoms with Crippen molar-refractivity contribution in [2.45, 2.75) is 58.8 Å². The van der Waals surface area contributed by atoms with E-state index in [0.717, 1.165) is 11.7 Å². The summed E-state index contributed by atoms with van der Waals surface area (Å²) in [5, 5.41) is 0. The SMILES string of the molecule is COc1ccc(CCC2CC=C(CCC=C(C)C)CC2)cc1. The van der Waals surface area contributed by atoms with Gasteiger partial charge >= 0.3 is 0 Å². The number of methoxy groups -OCH3 is 1. The lowest BCUT2D eigenvalue weighted by Crippen LogP contribution is -2.07. The Morgan fingerprint density at radius 2 is 1.95 bits per heavy atom. The fourth-order valence-electron chi connectivity index (χ4n) is 3.14. The molecule has 0 aromatic heterocycles. The first kappa shape index (κ1) is 16.9. The van der Waals surface area contributed by atoms with Crippen molar-refractivity contribution in [1.82, 2.24) is 0 Å². The highest BCUT2D eigenvalue weighted by Gasteiger charge is 2.14. The molecule has 1 unspecified atom stereocenters. The summed E-state index contributed by atoms with van der Waals surface area (Å²) in [4.78, 5) is 0. The van der Waals surface area contributed by atoms with Crippen molar-refractivity contribution in [3.8, 4) is 5.75 Å². The lowest BCUT2D eigenvalue weighted by atomic mass is 9.84. The van der Waals surface area contributed by atoms with Crippen molar-refractivity contribution in [3.63, 3.8) is 0 Å². The van der Waals surface area contributed by atoms with Crippen LogP contribution in [-0.2, 0) is 6.42 Å². The molecule has 0 radical (unpaired) electrons. The zero-order valence-electron chi connectivity index (χ0n) is 14.4. The Bertz CT molecular complexity index is 503. The van der Waals surface area contributed by atoms with Crippen LogP contribution in [0.25, 0.3) is 0 Å². The van der Waals surface area contributed by atoms with Gasteiger partial charge in [0.15, 0.2) is 0 Å². The molecule has 0 saturated heterocycles. The van der Waals surface area contributed by atoms with Gasteiger partial charge in [0, 0.05) is 0 Å². The second-order valence-electron chi connectivity index (χ2n) is 6.71. The third-order valence-electron chi connectivity index (χ3n) is 4.63. The Morgan fingerprint density at radius 1 is 1.18 bits per heavy atom. The third kappa shape index (κ3) is 5.71. The zero-order valence-corrected chi connectivity index (χ0v) is 14.4. The Kier molecular flexibility index (Phi) is 6.76. The van der Waals surface area contributed by atoms with Gasteiger partial charge in [-0.25, -0.2) is 0 Å². The number of hydrogen-bond acceptors (Lipinski definition) is 1. The summed E-state index contributed by atoms with van der Waals surface area (Å²) in [6.45, 7) is 4.37. The van der Waals surface area contributed by atoms with Gasteiger partial charge in [-0.05, 0) is 82.4 Å². The van der Waals surface area contributed by atoms with Crippen LogP contribution in [0.4, 0.5) is 0 Å². The summed E-state index contributed by atoms with van der Waals surface area (Å²) < 4.78 is 5.21. The maximum absolute atomic E-state index is 5.21. The van der Waals surface area contributed by atoms with Crippen LogP contribution in [0.5, 0.6) is 5.75 Å². The van der Waals surface area contributed by atoms with Crippen molar-refractivity contribution >= 4 is 0 Å². The highest BCUT2D eigenvalue weighted by atomic mass is 16.5. The molecule has 0 fully saturated rings. The standard InChI is InChI=1S/C21H30O/c1-17(2)5-4-6-18-7-9-19(10-8-18)11-12-20-13-15-21(22-3)16-14-20/h5,7,13-16,19H,4,6,8-12H2,1-3H3. The van der Waals surface area contributed by atoms with Crippen LogP contribution < -0.4 is 4.74 Å². The maximum Gasteiger partial charge on any atom is 0.118 e. The average molecular weight is 298 g/mol. The van der Waals surface area contributed by atoms with Crippen molar-refractivity contribution in [2.24, 2.45) is 5.92 Å². The molecule has 0 saturated carbocycles. The molecule has 1 aliphatic carbocycles. The smallest absolute Gasteiger partial charge is 0.118 e. The van der Waals surface area contributed by atoms with E-state index in [9.17, 15) is 0 Å². The molecule has 0 bridgehead atoms. The summed E-state index contributed by atoms with van der Waals surface area (Å²) >= 11 is 0. The van der Waals surface area contributed by atoms with Crippen LogP contribution in [0.1, 0.15) is 57.9 Å². The maximum atomic E-state index is 5.21. The average Bonchev–Trinajstić information content (AvgIpc) is 2.54. The molecule has 0 aliphatic heterocycles. The Hall–Kier alpha value is -1.50. The summed E-state index contributed by atoms with van der Waals surface area (Å²) in [6.07, 6.45) is 13.8. The highest BCUT2D eigenvalue weighted by Crippen LogP contribution is 2.29. The van der Waals surface area contributed by atoms with Crippen molar-refractivity contribution in [3.05, 3.63) is 53.1 Å². The fraction of sp³-hybridized carbons (Fsp3) is 0.524. The van der Waals surface area contributed by atoms with Crippen LogP contribution in [-0.4, -0.2) is 7.11 Å². The minimum atomic E-state index is 0.870. The molecule has 0 spiro atoms. The van der Waals surface area contributed by atoms with E-state index < -0.39 is 0 Å². The Morgan fingerprint density at radius 3 is 2.55 bits per heavy atom. The van der Waals surface area contributed by atoms with E-state index >= 15 is 0 Å². The van der Waals surface area contributed by atoms with E-state index in [0.29, 0.717) is 0 Å². The lowest BCUT2D eigenvalue weighted by Gasteiger charge is -2.22. The number of hydrogen-bond donors (Lipinski definition) is 0. The van der Waals surface area contributed by atoms with Gasteiger partial charge in [0.1, 0.15) is 5.75 Å². The number of rotatable bonds is 7. The predicted octanol–water partition coefficient (Wildman–Crippen LogP) is 6.10. The topological polar surface area (TPSA) is 9.23 Å². The minimum Gasteiger partial charge on any atom is -0.497 e. The van der Waals surface area contributed by atoms with Gasteiger partial charge < -0.3 is 4.74 Å². The number of aryl methyl sites for hydroxylation is 1. The van der Waals surface area contributed by atoms with Gasteiger partial charge in [0.25, 0.3) is 0 Å². The van der Waals surface area contributed by atoms with Gasteiger partial charge in [-0.2, -0.15) is 0 Å². The number of ether oxygens (including phenoxy) is 1. The Labute approximate surface area is 136 Å². The van der Waals surface area contributed by atoms with Gasteiger partial charge in [-0.1, -0.05) is 35.4 Å².